The Balaban J connectivity index is 2.25. The second-order valence-electron chi connectivity index (χ2n) is 3.34. The molecule has 1 aromatic rings. The van der Waals surface area contributed by atoms with E-state index >= 15 is 0 Å². The molecule has 0 saturated heterocycles. The number of carbonyl (C=O) groups is 1. The molecular weight excluding hydrogens is 251 g/mol. The Morgan fingerprint density at radius 2 is 1.88 bits per heavy atom. The zero-order valence-corrected chi connectivity index (χ0v) is 9.57. The van der Waals surface area contributed by atoms with Gasteiger partial charge in [0.1, 0.15) is 11.1 Å². The van der Waals surface area contributed by atoms with Gasteiger partial charge in [0.15, 0.2) is 6.10 Å². The second kappa shape index (κ2) is 4.45. The monoisotopic (exact) mass is 258 g/mol. The molecule has 0 aliphatic carbocycles. The molecule has 1 aliphatic heterocycles. The minimum atomic E-state index is -1.01. The van der Waals surface area contributed by atoms with Crippen LogP contribution in [0.15, 0.2) is 40.4 Å². The highest BCUT2D eigenvalue weighted by Gasteiger charge is 2.37. The molecule has 5 heteroatoms. The SMILES string of the molecule is O=C1O[C@@H]([C@H](O)c2ccccc2)C(Cl)=C1Cl. The highest BCUT2D eigenvalue weighted by atomic mass is 35.5. The predicted molar refractivity (Wildman–Crippen MR) is 60.0 cm³/mol. The predicted octanol–water partition coefficient (Wildman–Crippen LogP) is 2.33. The summed E-state index contributed by atoms with van der Waals surface area (Å²) >= 11 is 11.4. The third-order valence-electron chi connectivity index (χ3n) is 2.30. The maximum absolute atomic E-state index is 11.1. The van der Waals surface area contributed by atoms with Crippen LogP contribution >= 0.6 is 23.2 Å². The van der Waals surface area contributed by atoms with Crippen LogP contribution in [-0.2, 0) is 9.53 Å². The van der Waals surface area contributed by atoms with E-state index in [4.69, 9.17) is 27.9 Å². The summed E-state index contributed by atoms with van der Waals surface area (Å²) in [6.07, 6.45) is -1.92. The van der Waals surface area contributed by atoms with Gasteiger partial charge in [0.25, 0.3) is 0 Å². The molecule has 0 spiro atoms. The zero-order valence-electron chi connectivity index (χ0n) is 8.06. The summed E-state index contributed by atoms with van der Waals surface area (Å²) in [5.41, 5.74) is 0.616. The fraction of sp³-hybridized carbons (Fsp3) is 0.182. The van der Waals surface area contributed by atoms with Gasteiger partial charge in [-0.15, -0.1) is 0 Å². The van der Waals surface area contributed by atoms with Crippen molar-refractivity contribution in [3.8, 4) is 0 Å². The quantitative estimate of drug-likeness (QED) is 0.829. The number of aliphatic hydroxyl groups is 1. The first-order chi connectivity index (χ1) is 7.61. The maximum Gasteiger partial charge on any atom is 0.351 e. The Hall–Kier alpha value is -1.03. The number of hydrogen-bond donors (Lipinski definition) is 1. The van der Waals surface area contributed by atoms with E-state index in [0.29, 0.717) is 5.56 Å². The van der Waals surface area contributed by atoms with Gasteiger partial charge in [-0.25, -0.2) is 4.79 Å². The first-order valence-corrected chi connectivity index (χ1v) is 5.36. The number of ether oxygens (including phenoxy) is 1. The lowest BCUT2D eigenvalue weighted by Crippen LogP contribution is -2.20. The van der Waals surface area contributed by atoms with Gasteiger partial charge in [-0.05, 0) is 5.56 Å². The van der Waals surface area contributed by atoms with Crippen LogP contribution in [0.5, 0.6) is 0 Å². The van der Waals surface area contributed by atoms with Crippen LogP contribution in [0.1, 0.15) is 11.7 Å². The van der Waals surface area contributed by atoms with Crippen molar-refractivity contribution in [2.45, 2.75) is 12.2 Å². The van der Waals surface area contributed by atoms with E-state index in [-0.39, 0.29) is 10.1 Å². The van der Waals surface area contributed by atoms with Gasteiger partial charge in [0.2, 0.25) is 0 Å². The van der Waals surface area contributed by atoms with E-state index in [1.54, 1.807) is 24.3 Å². The van der Waals surface area contributed by atoms with Crippen molar-refractivity contribution in [2.24, 2.45) is 0 Å². The first-order valence-electron chi connectivity index (χ1n) is 4.60. The van der Waals surface area contributed by atoms with Crippen LogP contribution in [-0.4, -0.2) is 17.2 Å². The largest absolute Gasteiger partial charge is 0.449 e. The van der Waals surface area contributed by atoms with Gasteiger partial charge < -0.3 is 9.84 Å². The Morgan fingerprint density at radius 1 is 1.25 bits per heavy atom. The van der Waals surface area contributed by atoms with Gasteiger partial charge in [0.05, 0.1) is 5.03 Å². The van der Waals surface area contributed by atoms with E-state index in [1.165, 1.54) is 0 Å². The summed E-state index contributed by atoms with van der Waals surface area (Å²) in [5, 5.41) is 9.85. The maximum atomic E-state index is 11.1. The summed E-state index contributed by atoms with van der Waals surface area (Å²) in [4.78, 5) is 11.1. The fourth-order valence-electron chi connectivity index (χ4n) is 1.47. The van der Waals surface area contributed by atoms with Crippen molar-refractivity contribution in [1.29, 1.82) is 0 Å². The van der Waals surface area contributed by atoms with Gasteiger partial charge in [-0.2, -0.15) is 0 Å². The number of cyclic esters (lactones) is 1. The minimum absolute atomic E-state index is 0.0445. The molecule has 2 atom stereocenters. The highest BCUT2D eigenvalue weighted by Crippen LogP contribution is 2.35. The van der Waals surface area contributed by atoms with Crippen LogP contribution in [0.2, 0.25) is 0 Å². The van der Waals surface area contributed by atoms with Gasteiger partial charge in [-0.3, -0.25) is 0 Å². The molecule has 0 aromatic heterocycles. The molecule has 1 aliphatic rings. The van der Waals surface area contributed by atoms with Crippen molar-refractivity contribution < 1.29 is 14.6 Å². The molecule has 1 aromatic carbocycles. The molecule has 0 saturated carbocycles. The zero-order chi connectivity index (χ0) is 11.7. The lowest BCUT2D eigenvalue weighted by Gasteiger charge is -2.17. The molecule has 3 nitrogen and oxygen atoms in total. The number of rotatable bonds is 2. The van der Waals surface area contributed by atoms with Crippen molar-refractivity contribution in [1.82, 2.24) is 0 Å². The number of benzene rings is 1. The smallest absolute Gasteiger partial charge is 0.351 e. The number of hydrogen-bond acceptors (Lipinski definition) is 3. The Labute approximate surface area is 102 Å². The van der Waals surface area contributed by atoms with E-state index in [0.717, 1.165) is 0 Å². The van der Waals surface area contributed by atoms with Crippen molar-refractivity contribution in [2.75, 3.05) is 0 Å². The van der Waals surface area contributed by atoms with Crippen LogP contribution in [0, 0.1) is 0 Å². The number of aliphatic hydroxyl groups excluding tert-OH is 1. The topological polar surface area (TPSA) is 46.5 Å². The normalized spacial score (nSPS) is 22.2. The third-order valence-corrected chi connectivity index (χ3v) is 3.16. The molecule has 0 bridgehead atoms. The summed E-state index contributed by atoms with van der Waals surface area (Å²) in [7, 11) is 0. The van der Waals surface area contributed by atoms with Gasteiger partial charge in [-0.1, -0.05) is 53.5 Å². The highest BCUT2D eigenvalue weighted by molar-refractivity contribution is 6.48. The standard InChI is InChI=1S/C11H8Cl2O3/c12-7-8(13)11(15)16-10(7)9(14)6-4-2-1-3-5-6/h1-5,9-10,14H/t9-,10-/m1/s1. The number of carbonyl (C=O) groups excluding carboxylic acids is 1. The molecule has 2 rings (SSSR count). The van der Waals surface area contributed by atoms with Gasteiger partial charge >= 0.3 is 5.97 Å². The molecule has 0 fully saturated rings. The van der Waals surface area contributed by atoms with E-state index in [1.807, 2.05) is 6.07 Å². The van der Waals surface area contributed by atoms with Crippen molar-refractivity contribution in [3.05, 3.63) is 46.0 Å². The van der Waals surface area contributed by atoms with E-state index in [2.05, 4.69) is 0 Å². The fourth-order valence-corrected chi connectivity index (χ4v) is 1.86. The molecule has 0 unspecified atom stereocenters. The molecule has 1 N–H and O–H groups in total. The van der Waals surface area contributed by atoms with Crippen molar-refractivity contribution in [3.63, 3.8) is 0 Å². The molecule has 84 valence electrons. The summed E-state index contributed by atoms with van der Waals surface area (Å²) in [6.45, 7) is 0. The van der Waals surface area contributed by atoms with E-state index < -0.39 is 18.2 Å². The average Bonchev–Trinajstić information content (AvgIpc) is 2.57. The minimum Gasteiger partial charge on any atom is -0.449 e. The number of halogens is 2. The number of esters is 1. The van der Waals surface area contributed by atoms with Crippen LogP contribution in [0.3, 0.4) is 0 Å². The van der Waals surface area contributed by atoms with Crippen LogP contribution in [0.4, 0.5) is 0 Å². The summed E-state index contributed by atoms with van der Waals surface area (Å²) in [5.74, 6) is -0.702. The third kappa shape index (κ3) is 1.94. The molecular formula is C11H8Cl2O3. The molecule has 16 heavy (non-hydrogen) atoms. The lowest BCUT2D eigenvalue weighted by atomic mass is 10.0. The first kappa shape index (κ1) is 11.5. The Morgan fingerprint density at radius 3 is 2.38 bits per heavy atom. The molecule has 0 amide bonds. The van der Waals surface area contributed by atoms with E-state index in [9.17, 15) is 9.90 Å². The van der Waals surface area contributed by atoms with Crippen LogP contribution in [0.25, 0.3) is 0 Å². The van der Waals surface area contributed by atoms with Gasteiger partial charge in [0, 0.05) is 0 Å². The summed E-state index contributed by atoms with van der Waals surface area (Å²) in [6, 6.07) is 8.80. The lowest BCUT2D eigenvalue weighted by molar-refractivity contribution is -0.143. The Bertz CT molecular complexity index is 442. The average molecular weight is 259 g/mol. The van der Waals surface area contributed by atoms with Crippen LogP contribution < -0.4 is 0 Å². The van der Waals surface area contributed by atoms with Crippen molar-refractivity contribution >= 4 is 29.2 Å². The molecule has 0 radical (unpaired) electrons. The Kier molecular flexibility index (Phi) is 3.19. The second-order valence-corrected chi connectivity index (χ2v) is 4.13. The molecule has 1 heterocycles. The summed E-state index contributed by atoms with van der Waals surface area (Å²) < 4.78 is 4.88.